The van der Waals surface area contributed by atoms with Gasteiger partial charge in [-0.2, -0.15) is 0 Å². The van der Waals surface area contributed by atoms with Gasteiger partial charge in [-0.1, -0.05) is 24.3 Å². The summed E-state index contributed by atoms with van der Waals surface area (Å²) in [5, 5.41) is 0. The Hall–Kier alpha value is -1.69. The first-order valence-electron chi connectivity index (χ1n) is 11.3. The average Bonchev–Trinajstić information content (AvgIpc) is 3.38. The molecule has 29 heavy (non-hydrogen) atoms. The molecular weight excluding hydrogens is 360 g/mol. The molecule has 0 spiro atoms. The molecule has 0 amide bonds. The van der Waals surface area contributed by atoms with Crippen LogP contribution < -0.4 is 0 Å². The van der Waals surface area contributed by atoms with Crippen LogP contribution in [0.3, 0.4) is 0 Å². The van der Waals surface area contributed by atoms with E-state index in [4.69, 9.17) is 4.74 Å². The van der Waals surface area contributed by atoms with Crippen LogP contribution in [0.25, 0.3) is 0 Å². The smallest absolute Gasteiger partial charge is 0.122 e. The molecule has 1 aliphatic heterocycles. The molecule has 0 saturated carbocycles. The zero-order chi connectivity index (χ0) is 20.1. The minimum absolute atomic E-state index is 0.696. The van der Waals surface area contributed by atoms with Crippen molar-refractivity contribution in [1.82, 2.24) is 19.4 Å². The largest absolute Gasteiger partial charge is 0.383 e. The second-order valence-corrected chi connectivity index (χ2v) is 8.69. The Balaban J connectivity index is 1.36. The number of hydrogen-bond donors (Lipinski definition) is 0. The monoisotopic (exact) mass is 396 g/mol. The number of likely N-dealkylation sites (tertiary alicyclic amines) is 1. The van der Waals surface area contributed by atoms with Gasteiger partial charge in [0.25, 0.3) is 0 Å². The molecule has 4 rings (SSSR count). The summed E-state index contributed by atoms with van der Waals surface area (Å²) in [6, 6.07) is 9.71. The normalized spacial score (nSPS) is 20.4. The molecule has 1 aromatic heterocycles. The van der Waals surface area contributed by atoms with Crippen molar-refractivity contribution in [1.29, 1.82) is 0 Å². The number of ether oxygens (including phenoxy) is 1. The van der Waals surface area contributed by atoms with Crippen LogP contribution in [0, 0.1) is 5.92 Å². The Morgan fingerprint density at radius 1 is 1.21 bits per heavy atom. The molecule has 158 valence electrons. The molecule has 0 unspecified atom stereocenters. The number of rotatable bonds is 9. The van der Waals surface area contributed by atoms with Crippen LogP contribution in [0.4, 0.5) is 0 Å². The molecule has 1 saturated heterocycles. The van der Waals surface area contributed by atoms with E-state index in [2.05, 4.69) is 56.7 Å². The molecule has 0 bridgehead atoms. The summed E-state index contributed by atoms with van der Waals surface area (Å²) in [7, 11) is 1.80. The summed E-state index contributed by atoms with van der Waals surface area (Å²) in [5.74, 6) is 1.90. The van der Waals surface area contributed by atoms with Crippen molar-refractivity contribution < 1.29 is 4.74 Å². The van der Waals surface area contributed by atoms with Crippen LogP contribution in [0.5, 0.6) is 0 Å². The minimum Gasteiger partial charge on any atom is -0.383 e. The molecule has 2 aliphatic rings. The standard InChI is InChI=1S/C24H36N4O/c1-3-27-12-10-25-24(27)19-26(13-14-29-2)17-20-7-6-11-28(18-20)23-15-21-8-4-5-9-22(21)16-23/h4-5,8-10,12,20,23H,3,6-7,11,13-19H2,1-2H3/t20-/m0/s1. The fourth-order valence-corrected chi connectivity index (χ4v) is 5.17. The van der Waals surface area contributed by atoms with Gasteiger partial charge >= 0.3 is 0 Å². The third-order valence-corrected chi connectivity index (χ3v) is 6.73. The number of aromatic nitrogens is 2. The first kappa shape index (κ1) is 20.6. The van der Waals surface area contributed by atoms with Crippen molar-refractivity contribution in [2.75, 3.05) is 39.9 Å². The molecule has 5 heteroatoms. The Bertz CT molecular complexity index is 749. The van der Waals surface area contributed by atoms with Gasteiger partial charge in [-0.05, 0) is 56.2 Å². The molecule has 1 fully saturated rings. The van der Waals surface area contributed by atoms with E-state index in [1.165, 1.54) is 44.6 Å². The maximum Gasteiger partial charge on any atom is 0.122 e. The Labute approximate surface area is 175 Å². The van der Waals surface area contributed by atoms with Crippen LogP contribution in [-0.2, 0) is 30.7 Å². The van der Waals surface area contributed by atoms with Gasteiger partial charge in [0.15, 0.2) is 0 Å². The van der Waals surface area contributed by atoms with Crippen LogP contribution >= 0.6 is 0 Å². The number of benzene rings is 1. The first-order chi connectivity index (χ1) is 14.3. The van der Waals surface area contributed by atoms with Gasteiger partial charge in [-0.15, -0.1) is 0 Å². The van der Waals surface area contributed by atoms with Gasteiger partial charge < -0.3 is 9.30 Å². The quantitative estimate of drug-likeness (QED) is 0.652. The molecular formula is C24H36N4O. The lowest BCUT2D eigenvalue weighted by Crippen LogP contribution is -2.46. The van der Waals surface area contributed by atoms with Crippen molar-refractivity contribution in [3.8, 4) is 0 Å². The zero-order valence-corrected chi connectivity index (χ0v) is 18.1. The van der Waals surface area contributed by atoms with Crippen LogP contribution in [0.15, 0.2) is 36.7 Å². The van der Waals surface area contributed by atoms with Crippen molar-refractivity contribution >= 4 is 0 Å². The van der Waals surface area contributed by atoms with Gasteiger partial charge in [0.2, 0.25) is 0 Å². The van der Waals surface area contributed by atoms with Crippen LogP contribution in [0.2, 0.25) is 0 Å². The lowest BCUT2D eigenvalue weighted by Gasteiger charge is -2.38. The van der Waals surface area contributed by atoms with E-state index < -0.39 is 0 Å². The van der Waals surface area contributed by atoms with Gasteiger partial charge in [0.05, 0.1) is 13.2 Å². The minimum atomic E-state index is 0.696. The molecule has 1 aromatic carbocycles. The Morgan fingerprint density at radius 2 is 2.00 bits per heavy atom. The molecule has 5 nitrogen and oxygen atoms in total. The Kier molecular flexibility index (Phi) is 7.01. The summed E-state index contributed by atoms with van der Waals surface area (Å²) in [5.41, 5.74) is 3.13. The molecule has 1 aliphatic carbocycles. The first-order valence-corrected chi connectivity index (χ1v) is 11.3. The topological polar surface area (TPSA) is 33.5 Å². The van der Waals surface area contributed by atoms with Gasteiger partial charge in [0, 0.05) is 51.7 Å². The molecule has 0 radical (unpaired) electrons. The van der Waals surface area contributed by atoms with Gasteiger partial charge in [0.1, 0.15) is 5.82 Å². The SMILES string of the molecule is CCn1ccnc1CN(CCOC)C[C@@H]1CCCN(C2Cc3ccccc3C2)C1. The van der Waals surface area contributed by atoms with Crippen molar-refractivity contribution in [3.05, 3.63) is 53.6 Å². The molecule has 2 aromatic rings. The Morgan fingerprint density at radius 3 is 2.72 bits per heavy atom. The number of piperidine rings is 1. The average molecular weight is 397 g/mol. The molecule has 0 N–H and O–H groups in total. The second-order valence-electron chi connectivity index (χ2n) is 8.69. The van der Waals surface area contributed by atoms with E-state index >= 15 is 0 Å². The summed E-state index contributed by atoms with van der Waals surface area (Å²) in [6.45, 7) is 9.44. The third-order valence-electron chi connectivity index (χ3n) is 6.73. The number of fused-ring (bicyclic) bond motifs is 1. The van der Waals surface area contributed by atoms with Crippen LogP contribution in [0.1, 0.15) is 36.7 Å². The van der Waals surface area contributed by atoms with E-state index in [0.717, 1.165) is 38.7 Å². The van der Waals surface area contributed by atoms with Gasteiger partial charge in [-0.3, -0.25) is 9.80 Å². The lowest BCUT2D eigenvalue weighted by atomic mass is 9.95. The van der Waals surface area contributed by atoms with E-state index in [-0.39, 0.29) is 0 Å². The van der Waals surface area contributed by atoms with Crippen molar-refractivity contribution in [2.45, 2.75) is 51.7 Å². The molecule has 2 heterocycles. The number of hydrogen-bond acceptors (Lipinski definition) is 4. The summed E-state index contributed by atoms with van der Waals surface area (Å²) < 4.78 is 7.65. The fourth-order valence-electron chi connectivity index (χ4n) is 5.17. The molecule has 1 atom stereocenters. The highest BCUT2D eigenvalue weighted by atomic mass is 16.5. The van der Waals surface area contributed by atoms with E-state index in [9.17, 15) is 0 Å². The zero-order valence-electron chi connectivity index (χ0n) is 18.1. The highest BCUT2D eigenvalue weighted by Gasteiger charge is 2.31. The van der Waals surface area contributed by atoms with Crippen molar-refractivity contribution in [2.24, 2.45) is 5.92 Å². The maximum atomic E-state index is 5.40. The highest BCUT2D eigenvalue weighted by Crippen LogP contribution is 2.29. The van der Waals surface area contributed by atoms with E-state index in [0.29, 0.717) is 6.04 Å². The number of methoxy groups -OCH3 is 1. The van der Waals surface area contributed by atoms with Gasteiger partial charge in [-0.25, -0.2) is 4.98 Å². The lowest BCUT2D eigenvalue weighted by molar-refractivity contribution is 0.0829. The number of imidazole rings is 1. The second kappa shape index (κ2) is 9.88. The van der Waals surface area contributed by atoms with E-state index in [1.54, 1.807) is 18.2 Å². The predicted octanol–water partition coefficient (Wildman–Crippen LogP) is 3.23. The predicted molar refractivity (Wildman–Crippen MR) is 117 cm³/mol. The highest BCUT2D eigenvalue weighted by molar-refractivity contribution is 5.33. The van der Waals surface area contributed by atoms with E-state index in [1.807, 2.05) is 6.20 Å². The van der Waals surface area contributed by atoms with Crippen LogP contribution in [-0.4, -0.2) is 65.3 Å². The third kappa shape index (κ3) is 5.08. The number of aryl methyl sites for hydroxylation is 1. The summed E-state index contributed by atoms with van der Waals surface area (Å²) in [4.78, 5) is 9.92. The number of nitrogens with zero attached hydrogens (tertiary/aromatic N) is 4. The maximum absolute atomic E-state index is 5.40. The van der Waals surface area contributed by atoms with Crippen molar-refractivity contribution in [3.63, 3.8) is 0 Å². The summed E-state index contributed by atoms with van der Waals surface area (Å²) >= 11 is 0. The summed E-state index contributed by atoms with van der Waals surface area (Å²) in [6.07, 6.45) is 9.12. The fraction of sp³-hybridized carbons (Fsp3) is 0.625.